The number of thioether (sulfide) groups is 2. The van der Waals surface area contributed by atoms with Crippen LogP contribution in [0.25, 0.3) is 33.6 Å². The average Bonchev–Trinajstić information content (AvgIpc) is 2.91. The fourth-order valence-corrected chi connectivity index (χ4v) is 6.82. The van der Waals surface area contributed by atoms with Gasteiger partial charge in [0.2, 0.25) is 17.1 Å². The van der Waals surface area contributed by atoms with Crippen molar-refractivity contribution in [3.8, 4) is 28.1 Å². The number of nitrogens with zero attached hydrogens (tertiary/aromatic N) is 1. The third kappa shape index (κ3) is 5.28. The van der Waals surface area contributed by atoms with Crippen LogP contribution < -0.4 is 28.5 Å². The first-order chi connectivity index (χ1) is 17.1. The van der Waals surface area contributed by atoms with Crippen molar-refractivity contribution >= 4 is 40.7 Å². The number of aromatic nitrogens is 1. The van der Waals surface area contributed by atoms with Gasteiger partial charge in [-0.1, -0.05) is 66.2 Å². The Hall–Kier alpha value is -1.73. The van der Waals surface area contributed by atoms with E-state index in [9.17, 15) is 0 Å². The smallest absolute Gasteiger partial charge is 0.220 e. The molecule has 0 atom stereocenters. The number of rotatable bonds is 5. The molecular weight excluding hydrogens is 613 g/mol. The monoisotopic (exact) mass is 641 g/mol. The third-order valence-corrected chi connectivity index (χ3v) is 9.15. The minimum atomic E-state index is 0. The maximum atomic E-state index is 6.60. The van der Waals surface area contributed by atoms with Gasteiger partial charge in [-0.2, -0.15) is 4.57 Å². The fourth-order valence-electron chi connectivity index (χ4n) is 5.10. The standard InChI is InChI=1S/C31H29ClNS2.HI/c1-21-17-18-24(32)19-28(21)33-29(23-13-8-5-9-14-23)20-27(22-11-6-4-7-12-22)25-15-10-16-26(30(25)33)31(34-2)35-3;/h4-9,11-14,17-20H,10,15-16H2,1-3H3;1H/q+1;/p-1. The summed E-state index contributed by atoms with van der Waals surface area (Å²) in [5.41, 5.74) is 11.6. The van der Waals surface area contributed by atoms with Gasteiger partial charge in [0.1, 0.15) is 0 Å². The van der Waals surface area contributed by atoms with Crippen molar-refractivity contribution in [3.63, 3.8) is 0 Å². The lowest BCUT2D eigenvalue weighted by Crippen LogP contribution is -3.00. The number of allylic oxidation sites excluding steroid dienone is 1. The van der Waals surface area contributed by atoms with E-state index in [4.69, 9.17) is 11.6 Å². The molecule has 0 unspecified atom stereocenters. The summed E-state index contributed by atoms with van der Waals surface area (Å²) in [7, 11) is 0. The summed E-state index contributed by atoms with van der Waals surface area (Å²) in [4.78, 5) is 0. The summed E-state index contributed by atoms with van der Waals surface area (Å²) in [6.07, 6.45) is 7.69. The Labute approximate surface area is 245 Å². The summed E-state index contributed by atoms with van der Waals surface area (Å²) < 4.78 is 3.88. The Balaban J connectivity index is 0.00000304. The van der Waals surface area contributed by atoms with E-state index in [1.165, 1.54) is 49.0 Å². The summed E-state index contributed by atoms with van der Waals surface area (Å²) >= 11 is 10.3. The predicted octanol–water partition coefficient (Wildman–Crippen LogP) is 5.99. The van der Waals surface area contributed by atoms with Crippen LogP contribution in [0.15, 0.2) is 89.2 Å². The molecule has 5 rings (SSSR count). The van der Waals surface area contributed by atoms with Gasteiger partial charge in [-0.15, -0.1) is 23.5 Å². The molecule has 1 nitrogen and oxygen atoms in total. The maximum Gasteiger partial charge on any atom is 0.220 e. The van der Waals surface area contributed by atoms with Crippen molar-refractivity contribution in [1.82, 2.24) is 0 Å². The molecule has 0 saturated heterocycles. The zero-order valence-electron chi connectivity index (χ0n) is 20.7. The van der Waals surface area contributed by atoms with Crippen LogP contribution in [0.5, 0.6) is 0 Å². The second kappa shape index (κ2) is 12.2. The van der Waals surface area contributed by atoms with Gasteiger partial charge >= 0.3 is 0 Å². The van der Waals surface area contributed by atoms with E-state index in [0.29, 0.717) is 0 Å². The van der Waals surface area contributed by atoms with Gasteiger partial charge in [-0.3, -0.25) is 0 Å². The fraction of sp³-hybridized carbons (Fsp3) is 0.194. The molecule has 0 radical (unpaired) electrons. The molecule has 0 spiro atoms. The lowest BCUT2D eigenvalue weighted by Gasteiger charge is -2.24. The largest absolute Gasteiger partial charge is 1.00 e. The minimum Gasteiger partial charge on any atom is -1.00 e. The molecule has 0 saturated carbocycles. The molecule has 0 N–H and O–H groups in total. The highest BCUT2D eigenvalue weighted by Crippen LogP contribution is 2.43. The third-order valence-electron chi connectivity index (χ3n) is 6.68. The number of hydrogen-bond donors (Lipinski definition) is 0. The molecule has 1 aliphatic carbocycles. The zero-order chi connectivity index (χ0) is 24.4. The highest BCUT2D eigenvalue weighted by molar-refractivity contribution is 8.21. The van der Waals surface area contributed by atoms with E-state index in [1.54, 1.807) is 0 Å². The maximum absolute atomic E-state index is 6.60. The molecule has 4 aromatic rings. The van der Waals surface area contributed by atoms with Gasteiger partial charge in [0.05, 0.1) is 0 Å². The minimum absolute atomic E-state index is 0. The summed E-state index contributed by atoms with van der Waals surface area (Å²) in [5, 5.41) is 0.759. The zero-order valence-corrected chi connectivity index (χ0v) is 25.3. The Morgan fingerprint density at radius 1 is 0.806 bits per heavy atom. The van der Waals surface area contributed by atoms with Crippen LogP contribution in [0.3, 0.4) is 0 Å². The molecule has 0 aliphatic heterocycles. The van der Waals surface area contributed by atoms with E-state index >= 15 is 0 Å². The van der Waals surface area contributed by atoms with E-state index in [0.717, 1.165) is 30.0 Å². The lowest BCUT2D eigenvalue weighted by molar-refractivity contribution is -0.587. The molecule has 184 valence electrons. The van der Waals surface area contributed by atoms with Crippen LogP contribution in [0.2, 0.25) is 5.02 Å². The second-order valence-corrected chi connectivity index (χ2v) is 11.1. The van der Waals surface area contributed by atoms with E-state index in [-0.39, 0.29) is 24.0 Å². The number of fused-ring (bicyclic) bond motifs is 1. The van der Waals surface area contributed by atoms with Gasteiger partial charge < -0.3 is 24.0 Å². The van der Waals surface area contributed by atoms with Crippen molar-refractivity contribution in [1.29, 1.82) is 0 Å². The van der Waals surface area contributed by atoms with Crippen LogP contribution in [-0.4, -0.2) is 12.5 Å². The van der Waals surface area contributed by atoms with Gasteiger partial charge in [0, 0.05) is 43.7 Å². The number of hydrogen-bond acceptors (Lipinski definition) is 2. The lowest BCUT2D eigenvalue weighted by atomic mass is 9.85. The topological polar surface area (TPSA) is 3.88 Å². The first kappa shape index (κ1) is 27.3. The van der Waals surface area contributed by atoms with Crippen molar-refractivity contribution < 1.29 is 28.5 Å². The van der Waals surface area contributed by atoms with E-state index in [1.807, 2.05) is 29.6 Å². The quantitative estimate of drug-likeness (QED) is 0.195. The summed E-state index contributed by atoms with van der Waals surface area (Å²) in [5.74, 6) is 0. The number of pyridine rings is 1. The van der Waals surface area contributed by atoms with Gasteiger partial charge in [0.25, 0.3) is 0 Å². The molecule has 36 heavy (non-hydrogen) atoms. The average molecular weight is 642 g/mol. The van der Waals surface area contributed by atoms with E-state index < -0.39 is 0 Å². The van der Waals surface area contributed by atoms with Crippen LogP contribution in [-0.2, 0) is 6.42 Å². The van der Waals surface area contributed by atoms with Gasteiger partial charge in [-0.05, 0) is 68.0 Å². The number of halogens is 2. The van der Waals surface area contributed by atoms with Crippen molar-refractivity contribution in [2.75, 3.05) is 12.5 Å². The molecule has 0 bridgehead atoms. The van der Waals surface area contributed by atoms with Crippen LogP contribution in [0.4, 0.5) is 0 Å². The molecular formula is C31H29ClINS2. The van der Waals surface area contributed by atoms with Crippen LogP contribution in [0.1, 0.15) is 29.7 Å². The Bertz CT molecular complexity index is 1400. The molecule has 0 fully saturated rings. The van der Waals surface area contributed by atoms with Crippen molar-refractivity contribution in [3.05, 3.63) is 111 Å². The van der Waals surface area contributed by atoms with E-state index in [2.05, 4.69) is 103 Å². The Morgan fingerprint density at radius 3 is 2.08 bits per heavy atom. The Kier molecular flexibility index (Phi) is 9.26. The molecule has 1 aromatic heterocycles. The Morgan fingerprint density at radius 2 is 1.44 bits per heavy atom. The van der Waals surface area contributed by atoms with Gasteiger partial charge in [-0.25, -0.2) is 0 Å². The van der Waals surface area contributed by atoms with Crippen LogP contribution >= 0.6 is 35.1 Å². The summed E-state index contributed by atoms with van der Waals surface area (Å²) in [6.45, 7) is 2.18. The molecule has 5 heteroatoms. The predicted molar refractivity (Wildman–Crippen MR) is 155 cm³/mol. The summed E-state index contributed by atoms with van der Waals surface area (Å²) in [6, 6.07) is 30.2. The molecule has 1 aliphatic rings. The highest BCUT2D eigenvalue weighted by atomic mass is 127. The molecule has 3 aromatic carbocycles. The van der Waals surface area contributed by atoms with Gasteiger partial charge in [0.15, 0.2) is 0 Å². The molecule has 1 heterocycles. The van der Waals surface area contributed by atoms with Crippen molar-refractivity contribution in [2.24, 2.45) is 0 Å². The number of aryl methyl sites for hydroxylation is 1. The van der Waals surface area contributed by atoms with Crippen LogP contribution in [0, 0.1) is 6.92 Å². The first-order valence-electron chi connectivity index (χ1n) is 11.9. The SMILES string of the molecule is CSC(SC)=C1CCCc2c(-c3ccccc3)cc(-c3ccccc3)[n+](-c3cc(Cl)ccc3C)c21.[I-]. The molecule has 0 amide bonds. The normalized spacial score (nSPS) is 12.6. The highest BCUT2D eigenvalue weighted by Gasteiger charge is 2.35. The van der Waals surface area contributed by atoms with Crippen molar-refractivity contribution in [2.45, 2.75) is 26.2 Å². The first-order valence-corrected chi connectivity index (χ1v) is 14.8. The second-order valence-electron chi connectivity index (χ2n) is 8.80. The number of benzene rings is 3.